The highest BCUT2D eigenvalue weighted by Gasteiger charge is 2.23. The number of methoxy groups -OCH3 is 1. The monoisotopic (exact) mass is 232 g/mol. The molecule has 1 fully saturated rings. The first-order valence-corrected chi connectivity index (χ1v) is 6.48. The lowest BCUT2D eigenvalue weighted by Crippen LogP contribution is -2.43. The highest BCUT2D eigenvalue weighted by atomic mass is 16.5. The second-order valence-corrected chi connectivity index (χ2v) is 5.13. The molecule has 0 bridgehead atoms. The van der Waals surface area contributed by atoms with Crippen molar-refractivity contribution in [3.63, 3.8) is 0 Å². The van der Waals surface area contributed by atoms with Crippen LogP contribution in [-0.2, 0) is 6.42 Å². The van der Waals surface area contributed by atoms with Gasteiger partial charge < -0.3 is 15.0 Å². The number of nitrogens with one attached hydrogen (secondary N) is 1. The SMILES string of the molecule is COc1ccc2c(c1)CC(CN1CCC1)CN2. The molecule has 3 heteroatoms. The summed E-state index contributed by atoms with van der Waals surface area (Å²) in [6.07, 6.45) is 2.56. The lowest BCUT2D eigenvalue weighted by molar-refractivity contribution is 0.153. The molecule has 0 radical (unpaired) electrons. The van der Waals surface area contributed by atoms with Crippen LogP contribution in [0.15, 0.2) is 18.2 Å². The van der Waals surface area contributed by atoms with Crippen molar-refractivity contribution in [1.82, 2.24) is 4.90 Å². The van der Waals surface area contributed by atoms with Gasteiger partial charge in [-0.1, -0.05) is 0 Å². The van der Waals surface area contributed by atoms with Gasteiger partial charge in [0.15, 0.2) is 0 Å². The molecule has 92 valence electrons. The van der Waals surface area contributed by atoms with Gasteiger partial charge >= 0.3 is 0 Å². The maximum atomic E-state index is 5.29. The van der Waals surface area contributed by atoms with Crippen LogP contribution in [-0.4, -0.2) is 38.2 Å². The number of fused-ring (bicyclic) bond motifs is 1. The van der Waals surface area contributed by atoms with Crippen LogP contribution in [0.25, 0.3) is 0 Å². The lowest BCUT2D eigenvalue weighted by Gasteiger charge is -2.36. The Morgan fingerprint density at radius 2 is 2.29 bits per heavy atom. The third-order valence-electron chi connectivity index (χ3n) is 3.87. The first kappa shape index (κ1) is 10.9. The van der Waals surface area contributed by atoms with Crippen molar-refractivity contribution in [2.24, 2.45) is 5.92 Å². The topological polar surface area (TPSA) is 24.5 Å². The van der Waals surface area contributed by atoms with Crippen molar-refractivity contribution in [3.8, 4) is 5.75 Å². The van der Waals surface area contributed by atoms with Gasteiger partial charge in [-0.3, -0.25) is 0 Å². The van der Waals surface area contributed by atoms with E-state index in [0.29, 0.717) is 0 Å². The predicted molar refractivity (Wildman–Crippen MR) is 69.7 cm³/mol. The van der Waals surface area contributed by atoms with Crippen LogP contribution in [0.1, 0.15) is 12.0 Å². The number of nitrogens with zero attached hydrogens (tertiary/aromatic N) is 1. The van der Waals surface area contributed by atoms with Gasteiger partial charge in [-0.05, 0) is 55.6 Å². The molecule has 1 aromatic carbocycles. The molecule has 0 amide bonds. The second kappa shape index (κ2) is 4.57. The minimum absolute atomic E-state index is 0.745. The number of hydrogen-bond donors (Lipinski definition) is 1. The summed E-state index contributed by atoms with van der Waals surface area (Å²) in [5, 5.41) is 3.54. The number of hydrogen-bond acceptors (Lipinski definition) is 3. The van der Waals surface area contributed by atoms with E-state index in [1.165, 1.54) is 43.7 Å². The van der Waals surface area contributed by atoms with Gasteiger partial charge in [-0.15, -0.1) is 0 Å². The summed E-state index contributed by atoms with van der Waals surface area (Å²) in [6, 6.07) is 6.33. The molecule has 17 heavy (non-hydrogen) atoms. The van der Waals surface area contributed by atoms with Crippen LogP contribution < -0.4 is 10.1 Å². The molecule has 1 unspecified atom stereocenters. The second-order valence-electron chi connectivity index (χ2n) is 5.13. The van der Waals surface area contributed by atoms with Crippen LogP contribution in [0.3, 0.4) is 0 Å². The van der Waals surface area contributed by atoms with Crippen LogP contribution in [0.4, 0.5) is 5.69 Å². The maximum Gasteiger partial charge on any atom is 0.119 e. The summed E-state index contributed by atoms with van der Waals surface area (Å²) < 4.78 is 5.29. The van der Waals surface area contributed by atoms with Crippen molar-refractivity contribution in [2.45, 2.75) is 12.8 Å². The Bertz CT molecular complexity index is 401. The molecule has 0 aromatic heterocycles. The fourth-order valence-electron chi connectivity index (χ4n) is 2.73. The Kier molecular flexibility index (Phi) is 2.93. The molecule has 0 saturated carbocycles. The molecule has 3 rings (SSSR count). The molecule has 1 aromatic rings. The quantitative estimate of drug-likeness (QED) is 0.862. The van der Waals surface area contributed by atoms with Crippen LogP contribution >= 0.6 is 0 Å². The third-order valence-corrected chi connectivity index (χ3v) is 3.87. The van der Waals surface area contributed by atoms with Gasteiger partial charge in [0, 0.05) is 18.8 Å². The molecule has 1 saturated heterocycles. The Morgan fingerprint density at radius 1 is 1.41 bits per heavy atom. The minimum atomic E-state index is 0.745. The number of rotatable bonds is 3. The van der Waals surface area contributed by atoms with Gasteiger partial charge in [0.05, 0.1) is 7.11 Å². The molecule has 1 N–H and O–H groups in total. The van der Waals surface area contributed by atoms with E-state index in [4.69, 9.17) is 4.74 Å². The molecular formula is C14H20N2O. The van der Waals surface area contributed by atoms with Crippen molar-refractivity contribution in [2.75, 3.05) is 38.6 Å². The molecule has 0 aliphatic carbocycles. The highest BCUT2D eigenvalue weighted by Crippen LogP contribution is 2.29. The van der Waals surface area contributed by atoms with E-state index in [0.717, 1.165) is 18.2 Å². The molecular weight excluding hydrogens is 212 g/mol. The summed E-state index contributed by atoms with van der Waals surface area (Å²) in [5.74, 6) is 1.71. The van der Waals surface area contributed by atoms with E-state index < -0.39 is 0 Å². The van der Waals surface area contributed by atoms with Crippen LogP contribution in [0.2, 0.25) is 0 Å². The van der Waals surface area contributed by atoms with Gasteiger partial charge in [0.2, 0.25) is 0 Å². The molecule has 2 heterocycles. The van der Waals surface area contributed by atoms with Crippen molar-refractivity contribution >= 4 is 5.69 Å². The minimum Gasteiger partial charge on any atom is -0.497 e. The number of benzene rings is 1. The summed E-state index contributed by atoms with van der Waals surface area (Å²) in [6.45, 7) is 4.93. The molecule has 1 atom stereocenters. The van der Waals surface area contributed by atoms with E-state index in [1.54, 1.807) is 7.11 Å². The lowest BCUT2D eigenvalue weighted by atomic mass is 9.92. The van der Waals surface area contributed by atoms with E-state index in [1.807, 2.05) is 6.07 Å². The summed E-state index contributed by atoms with van der Waals surface area (Å²) in [5.41, 5.74) is 2.69. The van der Waals surface area contributed by atoms with E-state index in [-0.39, 0.29) is 0 Å². The Labute approximate surface area is 103 Å². The van der Waals surface area contributed by atoms with Gasteiger partial charge in [-0.2, -0.15) is 0 Å². The standard InChI is InChI=1S/C14H20N2O/c1-17-13-3-4-14-12(8-13)7-11(9-15-14)10-16-5-2-6-16/h3-4,8,11,15H,2,5-7,9-10H2,1H3. The number of ether oxygens (including phenoxy) is 1. The molecule has 0 spiro atoms. The normalized spacial score (nSPS) is 23.5. The fourth-order valence-corrected chi connectivity index (χ4v) is 2.73. The van der Waals surface area contributed by atoms with Crippen LogP contribution in [0, 0.1) is 5.92 Å². The largest absolute Gasteiger partial charge is 0.497 e. The van der Waals surface area contributed by atoms with Gasteiger partial charge in [0.25, 0.3) is 0 Å². The van der Waals surface area contributed by atoms with E-state index >= 15 is 0 Å². The number of anilines is 1. The maximum absolute atomic E-state index is 5.29. The molecule has 2 aliphatic heterocycles. The average Bonchev–Trinajstić information content (AvgIpc) is 2.33. The Hall–Kier alpha value is -1.22. The van der Waals surface area contributed by atoms with E-state index in [2.05, 4.69) is 22.3 Å². The summed E-state index contributed by atoms with van der Waals surface area (Å²) in [4.78, 5) is 2.55. The van der Waals surface area contributed by atoms with Crippen molar-refractivity contribution in [1.29, 1.82) is 0 Å². The summed E-state index contributed by atoms with van der Waals surface area (Å²) in [7, 11) is 1.73. The zero-order valence-electron chi connectivity index (χ0n) is 10.4. The third kappa shape index (κ3) is 2.25. The van der Waals surface area contributed by atoms with Gasteiger partial charge in [-0.25, -0.2) is 0 Å². The Balaban J connectivity index is 1.69. The zero-order valence-corrected chi connectivity index (χ0v) is 10.4. The van der Waals surface area contributed by atoms with Crippen molar-refractivity contribution < 1.29 is 4.74 Å². The zero-order chi connectivity index (χ0) is 11.7. The highest BCUT2D eigenvalue weighted by molar-refractivity contribution is 5.56. The first-order chi connectivity index (χ1) is 8.35. The Morgan fingerprint density at radius 3 is 3.00 bits per heavy atom. The van der Waals surface area contributed by atoms with Gasteiger partial charge in [0.1, 0.15) is 5.75 Å². The predicted octanol–water partition coefficient (Wildman–Crippen LogP) is 1.99. The molecule has 3 nitrogen and oxygen atoms in total. The smallest absolute Gasteiger partial charge is 0.119 e. The fraction of sp³-hybridized carbons (Fsp3) is 0.571. The average molecular weight is 232 g/mol. The molecule has 2 aliphatic rings. The first-order valence-electron chi connectivity index (χ1n) is 6.48. The van der Waals surface area contributed by atoms with E-state index in [9.17, 15) is 0 Å². The number of likely N-dealkylation sites (tertiary alicyclic amines) is 1. The van der Waals surface area contributed by atoms with Crippen LogP contribution in [0.5, 0.6) is 5.75 Å². The van der Waals surface area contributed by atoms with Crippen molar-refractivity contribution in [3.05, 3.63) is 23.8 Å². The summed E-state index contributed by atoms with van der Waals surface area (Å²) >= 11 is 0.